The molecule has 0 aromatic heterocycles. The number of nitrogens with two attached hydrogens (primary N) is 1. The lowest BCUT2D eigenvalue weighted by Crippen LogP contribution is -2.48. The van der Waals surface area contributed by atoms with Crippen LogP contribution in [0.2, 0.25) is 0 Å². The Hall–Kier alpha value is -2.36. The van der Waals surface area contributed by atoms with Crippen molar-refractivity contribution in [1.29, 1.82) is 0 Å². The minimum atomic E-state index is -1.08. The van der Waals surface area contributed by atoms with E-state index in [1.54, 1.807) is 0 Å². The lowest BCUT2D eigenvalue weighted by molar-refractivity contribution is -0.153. The topological polar surface area (TPSA) is 168 Å². The van der Waals surface area contributed by atoms with Gasteiger partial charge in [-0.15, -0.1) is 0 Å². The zero-order valence-electron chi connectivity index (χ0n) is 22.3. The van der Waals surface area contributed by atoms with Crippen molar-refractivity contribution in [2.45, 2.75) is 135 Å². The minimum absolute atomic E-state index is 0.00805. The number of aliphatic hydroxyl groups is 1. The number of ether oxygens (including phenoxy) is 1. The number of aliphatic carboxylic acids is 1. The highest BCUT2D eigenvalue weighted by molar-refractivity contribution is 5.84. The molecule has 0 saturated carbocycles. The number of rotatable bonds is 23. The Morgan fingerprint density at radius 1 is 0.861 bits per heavy atom. The van der Waals surface area contributed by atoms with Gasteiger partial charge in [-0.05, 0) is 32.6 Å². The molecule has 0 spiro atoms. The average Bonchev–Trinajstić information content (AvgIpc) is 2.79. The number of carboxylic acid groups (broad SMARTS) is 1. The maximum atomic E-state index is 12.8. The summed E-state index contributed by atoms with van der Waals surface area (Å²) in [6, 6.07) is -1.75. The SMILES string of the molecule is CCCCCCCCCCCCC[C@@H](CC(N)=O)OC(=O)[C@H](CCCC(=O)O)NC(=O)NC[C@H](C)O. The summed E-state index contributed by atoms with van der Waals surface area (Å²) in [6.07, 6.45) is 11.9. The molecule has 0 aromatic carbocycles. The predicted molar refractivity (Wildman–Crippen MR) is 138 cm³/mol. The Labute approximate surface area is 216 Å². The van der Waals surface area contributed by atoms with Crippen LogP contribution in [-0.2, 0) is 19.1 Å². The van der Waals surface area contributed by atoms with Crippen molar-refractivity contribution < 1.29 is 34.1 Å². The fourth-order valence-corrected chi connectivity index (χ4v) is 3.87. The molecule has 210 valence electrons. The summed E-state index contributed by atoms with van der Waals surface area (Å²) in [7, 11) is 0. The van der Waals surface area contributed by atoms with E-state index in [0.29, 0.717) is 6.42 Å². The molecule has 0 aliphatic heterocycles. The molecule has 0 unspecified atom stereocenters. The summed E-state index contributed by atoms with van der Waals surface area (Å²) >= 11 is 0. The quantitative estimate of drug-likeness (QED) is 0.102. The summed E-state index contributed by atoms with van der Waals surface area (Å²) in [5.41, 5.74) is 5.34. The predicted octanol–water partition coefficient (Wildman–Crippen LogP) is 3.78. The van der Waals surface area contributed by atoms with E-state index in [1.165, 1.54) is 51.9 Å². The van der Waals surface area contributed by atoms with E-state index >= 15 is 0 Å². The third kappa shape index (κ3) is 21.0. The molecule has 0 saturated heterocycles. The second-order valence-corrected chi connectivity index (χ2v) is 9.60. The third-order valence-corrected chi connectivity index (χ3v) is 5.87. The number of carbonyl (C=O) groups is 4. The van der Waals surface area contributed by atoms with Crippen molar-refractivity contribution in [3.8, 4) is 0 Å². The molecule has 0 radical (unpaired) electrons. The molecule has 10 nitrogen and oxygen atoms in total. The number of unbranched alkanes of at least 4 members (excludes halogenated alkanes) is 10. The van der Waals surface area contributed by atoms with Crippen LogP contribution in [0.3, 0.4) is 0 Å². The summed E-state index contributed by atoms with van der Waals surface area (Å²) in [4.78, 5) is 47.2. The van der Waals surface area contributed by atoms with Crippen LogP contribution in [-0.4, -0.2) is 58.9 Å². The molecule has 0 rings (SSSR count). The van der Waals surface area contributed by atoms with Crippen LogP contribution < -0.4 is 16.4 Å². The lowest BCUT2D eigenvalue weighted by Gasteiger charge is -2.22. The van der Waals surface area contributed by atoms with Crippen molar-refractivity contribution in [3.63, 3.8) is 0 Å². The van der Waals surface area contributed by atoms with Gasteiger partial charge in [0.05, 0.1) is 12.5 Å². The number of urea groups is 1. The first kappa shape index (κ1) is 33.6. The lowest BCUT2D eigenvalue weighted by atomic mass is 10.0. The van der Waals surface area contributed by atoms with Gasteiger partial charge in [0, 0.05) is 13.0 Å². The molecule has 0 heterocycles. The maximum Gasteiger partial charge on any atom is 0.328 e. The number of carbonyl (C=O) groups excluding carboxylic acids is 3. The Morgan fingerprint density at radius 2 is 1.42 bits per heavy atom. The van der Waals surface area contributed by atoms with Gasteiger partial charge in [-0.3, -0.25) is 9.59 Å². The molecular weight excluding hydrogens is 466 g/mol. The van der Waals surface area contributed by atoms with Crippen molar-refractivity contribution in [2.24, 2.45) is 5.73 Å². The first-order valence-electron chi connectivity index (χ1n) is 13.6. The van der Waals surface area contributed by atoms with E-state index in [9.17, 15) is 24.3 Å². The number of esters is 1. The molecule has 3 atom stereocenters. The summed E-state index contributed by atoms with van der Waals surface area (Å²) in [5.74, 6) is -2.33. The fraction of sp³-hybridized carbons (Fsp3) is 0.846. The van der Waals surface area contributed by atoms with Crippen LogP contribution in [0.4, 0.5) is 4.79 Å². The van der Waals surface area contributed by atoms with Gasteiger partial charge in [-0.1, -0.05) is 71.1 Å². The molecule has 0 fully saturated rings. The molecule has 0 aromatic rings. The highest BCUT2D eigenvalue weighted by Crippen LogP contribution is 2.16. The fourth-order valence-electron chi connectivity index (χ4n) is 3.87. The number of hydrogen-bond acceptors (Lipinski definition) is 6. The highest BCUT2D eigenvalue weighted by atomic mass is 16.5. The standard InChI is InChI=1S/C26H49N3O7/c1-3-4-5-6-7-8-9-10-11-12-13-15-21(18-23(27)31)36-25(34)22(16-14-17-24(32)33)29-26(35)28-19-20(2)30/h20-22,30H,3-19H2,1-2H3,(H2,27,31)(H,32,33)(H2,28,29,35)/t20-,21-,22-/m0/s1. The van der Waals surface area contributed by atoms with E-state index in [-0.39, 0.29) is 32.2 Å². The highest BCUT2D eigenvalue weighted by Gasteiger charge is 2.26. The van der Waals surface area contributed by atoms with E-state index < -0.39 is 42.1 Å². The van der Waals surface area contributed by atoms with E-state index in [2.05, 4.69) is 17.6 Å². The van der Waals surface area contributed by atoms with Gasteiger partial charge in [0.25, 0.3) is 0 Å². The number of aliphatic hydroxyl groups excluding tert-OH is 1. The number of nitrogens with one attached hydrogen (secondary N) is 2. The van der Waals surface area contributed by atoms with Crippen LogP contribution in [0, 0.1) is 0 Å². The van der Waals surface area contributed by atoms with Crippen molar-refractivity contribution in [3.05, 3.63) is 0 Å². The summed E-state index contributed by atoms with van der Waals surface area (Å²) in [5, 5.41) is 23.1. The Balaban J connectivity index is 4.59. The maximum absolute atomic E-state index is 12.8. The Morgan fingerprint density at radius 3 is 1.92 bits per heavy atom. The van der Waals surface area contributed by atoms with Crippen molar-refractivity contribution in [2.75, 3.05) is 6.54 Å². The molecular formula is C26H49N3O7. The van der Waals surface area contributed by atoms with Crippen molar-refractivity contribution >= 4 is 23.9 Å². The van der Waals surface area contributed by atoms with Crippen LogP contribution >= 0.6 is 0 Å². The molecule has 36 heavy (non-hydrogen) atoms. The summed E-state index contributed by atoms with van der Waals surface area (Å²) in [6.45, 7) is 3.71. The van der Waals surface area contributed by atoms with Crippen LogP contribution in [0.5, 0.6) is 0 Å². The number of amides is 3. The average molecular weight is 516 g/mol. The molecule has 6 N–H and O–H groups in total. The van der Waals surface area contributed by atoms with Gasteiger partial charge in [0.15, 0.2) is 0 Å². The van der Waals surface area contributed by atoms with E-state index in [0.717, 1.165) is 25.7 Å². The van der Waals surface area contributed by atoms with Gasteiger partial charge >= 0.3 is 18.0 Å². The number of carboxylic acids is 1. The smallest absolute Gasteiger partial charge is 0.328 e. The van der Waals surface area contributed by atoms with Crippen LogP contribution in [0.1, 0.15) is 117 Å². The van der Waals surface area contributed by atoms with Gasteiger partial charge in [0.1, 0.15) is 12.1 Å². The largest absolute Gasteiger partial charge is 0.481 e. The van der Waals surface area contributed by atoms with Gasteiger partial charge in [-0.2, -0.15) is 0 Å². The normalized spacial score (nSPS) is 13.4. The van der Waals surface area contributed by atoms with Crippen molar-refractivity contribution in [1.82, 2.24) is 10.6 Å². The van der Waals surface area contributed by atoms with Crippen LogP contribution in [0.15, 0.2) is 0 Å². The summed E-state index contributed by atoms with van der Waals surface area (Å²) < 4.78 is 5.52. The minimum Gasteiger partial charge on any atom is -0.481 e. The first-order valence-corrected chi connectivity index (χ1v) is 13.6. The molecule has 10 heteroatoms. The second kappa shape index (κ2) is 21.9. The third-order valence-electron chi connectivity index (χ3n) is 5.87. The second-order valence-electron chi connectivity index (χ2n) is 9.60. The zero-order valence-corrected chi connectivity index (χ0v) is 22.3. The zero-order chi connectivity index (χ0) is 27.2. The van der Waals surface area contributed by atoms with Gasteiger partial charge in [0.2, 0.25) is 5.91 Å². The first-order chi connectivity index (χ1) is 17.1. The van der Waals surface area contributed by atoms with Gasteiger partial charge < -0.3 is 31.3 Å². The Kier molecular flexibility index (Phi) is 20.5. The number of hydrogen-bond donors (Lipinski definition) is 5. The van der Waals surface area contributed by atoms with E-state index in [4.69, 9.17) is 15.6 Å². The number of primary amides is 1. The van der Waals surface area contributed by atoms with E-state index in [1.807, 2.05) is 0 Å². The molecule has 0 bridgehead atoms. The molecule has 3 amide bonds. The van der Waals surface area contributed by atoms with Crippen LogP contribution in [0.25, 0.3) is 0 Å². The molecule has 0 aliphatic carbocycles. The monoisotopic (exact) mass is 515 g/mol. The molecule has 0 aliphatic rings. The Bertz CT molecular complexity index is 629. The van der Waals surface area contributed by atoms with Gasteiger partial charge in [-0.25, -0.2) is 9.59 Å².